The van der Waals surface area contributed by atoms with Crippen molar-refractivity contribution in [1.82, 2.24) is 14.7 Å². The molecule has 1 aliphatic rings. The highest BCUT2D eigenvalue weighted by Gasteiger charge is 2.23. The van der Waals surface area contributed by atoms with Gasteiger partial charge in [0.15, 0.2) is 0 Å². The number of carbonyl (C=O) groups excluding carboxylic acids is 1. The van der Waals surface area contributed by atoms with Gasteiger partial charge in [0.2, 0.25) is 11.8 Å². The molecule has 0 fully saturated rings. The van der Waals surface area contributed by atoms with Crippen molar-refractivity contribution < 1.29 is 14.3 Å². The molecule has 0 spiro atoms. The van der Waals surface area contributed by atoms with Crippen molar-refractivity contribution in [2.75, 3.05) is 26.4 Å². The fourth-order valence-electron chi connectivity index (χ4n) is 2.66. The molecule has 1 aromatic rings. The lowest BCUT2D eigenvalue weighted by atomic mass is 9.99. The topological polar surface area (TPSA) is 56.6 Å². The van der Waals surface area contributed by atoms with Crippen molar-refractivity contribution in [2.45, 2.75) is 47.7 Å². The first-order valence-electron chi connectivity index (χ1n) is 9.15. The lowest BCUT2D eigenvalue weighted by Crippen LogP contribution is -2.40. The molecule has 0 saturated heterocycles. The van der Waals surface area contributed by atoms with E-state index in [2.05, 4.69) is 25.9 Å². The van der Waals surface area contributed by atoms with Gasteiger partial charge in [-0.1, -0.05) is 39.0 Å². The van der Waals surface area contributed by atoms with Crippen LogP contribution in [0.15, 0.2) is 29.9 Å². The molecule has 0 radical (unpaired) electrons. The smallest absolute Gasteiger partial charge is 0.248 e. The second-order valence-electron chi connectivity index (χ2n) is 7.72. The minimum atomic E-state index is 0.0217. The Morgan fingerprint density at radius 1 is 1.27 bits per heavy atom. The third-order valence-electron chi connectivity index (χ3n) is 4.03. The Morgan fingerprint density at radius 2 is 2.04 bits per heavy atom. The Bertz CT molecular complexity index is 668. The largest absolute Gasteiger partial charge is 0.472 e. The summed E-state index contributed by atoms with van der Waals surface area (Å²) in [6, 6.07) is 1.92. The van der Waals surface area contributed by atoms with Crippen LogP contribution in [0.5, 0.6) is 5.88 Å². The van der Waals surface area contributed by atoms with Crippen LogP contribution in [0, 0.1) is 5.41 Å². The number of carbonyl (C=O) groups is 1. The Labute approximate surface area is 156 Å². The minimum absolute atomic E-state index is 0.0217. The molecule has 6 nitrogen and oxygen atoms in total. The van der Waals surface area contributed by atoms with Gasteiger partial charge in [0, 0.05) is 12.6 Å². The van der Waals surface area contributed by atoms with Gasteiger partial charge in [0.1, 0.15) is 13.2 Å². The van der Waals surface area contributed by atoms with Crippen molar-refractivity contribution in [3.05, 3.63) is 35.6 Å². The molecule has 0 aromatic carbocycles. The fourth-order valence-corrected chi connectivity index (χ4v) is 2.66. The number of aromatic nitrogens is 2. The standard InChI is InChI=1S/C20H31N3O3/c1-6-8-16(7-2)13-26-18-11-17-12-22(9-10-23(17)21-18)19(24)14-25-15-20(3,4)5/h6-8,11H,9-10,12-15H2,1-5H3. The number of nitrogens with zero attached hydrogens (tertiary/aromatic N) is 3. The van der Waals surface area contributed by atoms with E-state index in [0.29, 0.717) is 38.7 Å². The number of fused-ring (bicyclic) bond motifs is 1. The summed E-state index contributed by atoms with van der Waals surface area (Å²) in [4.78, 5) is 14.2. The number of ether oxygens (including phenoxy) is 2. The molecule has 0 atom stereocenters. The molecule has 1 amide bonds. The third-order valence-corrected chi connectivity index (χ3v) is 4.03. The Hall–Kier alpha value is -2.08. The SMILES string of the molecule is CC=CC(=CC)COc1cc2n(n1)CCN(C(=O)COCC(C)(C)C)C2. The first-order valence-corrected chi connectivity index (χ1v) is 9.15. The van der Waals surface area contributed by atoms with Crippen LogP contribution in [0.2, 0.25) is 0 Å². The maximum Gasteiger partial charge on any atom is 0.248 e. The second kappa shape index (κ2) is 9.03. The van der Waals surface area contributed by atoms with Gasteiger partial charge < -0.3 is 14.4 Å². The first-order chi connectivity index (χ1) is 12.3. The predicted molar refractivity (Wildman–Crippen MR) is 102 cm³/mol. The Morgan fingerprint density at radius 3 is 2.69 bits per heavy atom. The summed E-state index contributed by atoms with van der Waals surface area (Å²) in [6.45, 7) is 13.3. The fraction of sp³-hybridized carbons (Fsp3) is 0.600. The van der Waals surface area contributed by atoms with E-state index in [9.17, 15) is 4.79 Å². The van der Waals surface area contributed by atoms with Gasteiger partial charge >= 0.3 is 0 Å². The van der Waals surface area contributed by atoms with E-state index < -0.39 is 0 Å². The molecule has 1 aliphatic heterocycles. The molecule has 6 heteroatoms. The monoisotopic (exact) mass is 361 g/mol. The van der Waals surface area contributed by atoms with Crippen LogP contribution in [0.25, 0.3) is 0 Å². The number of amides is 1. The minimum Gasteiger partial charge on any atom is -0.472 e. The summed E-state index contributed by atoms with van der Waals surface area (Å²) in [5.41, 5.74) is 2.15. The molecule has 0 saturated carbocycles. The summed E-state index contributed by atoms with van der Waals surface area (Å²) in [5.74, 6) is 0.621. The number of allylic oxidation sites excluding steroid dienone is 2. The molecule has 2 heterocycles. The highest BCUT2D eigenvalue weighted by molar-refractivity contribution is 5.77. The maximum absolute atomic E-state index is 12.4. The van der Waals surface area contributed by atoms with E-state index in [1.54, 1.807) is 0 Å². The van der Waals surface area contributed by atoms with Crippen molar-refractivity contribution in [2.24, 2.45) is 5.41 Å². The normalized spacial score (nSPS) is 15.4. The van der Waals surface area contributed by atoms with E-state index in [1.807, 2.05) is 47.7 Å². The van der Waals surface area contributed by atoms with Crippen LogP contribution in [0.4, 0.5) is 0 Å². The van der Waals surface area contributed by atoms with Gasteiger partial charge in [-0.2, -0.15) is 0 Å². The van der Waals surface area contributed by atoms with E-state index in [0.717, 1.165) is 11.3 Å². The zero-order valence-electron chi connectivity index (χ0n) is 16.6. The third kappa shape index (κ3) is 6.02. The zero-order chi connectivity index (χ0) is 19.2. The van der Waals surface area contributed by atoms with E-state index in [1.165, 1.54) is 0 Å². The molecule has 0 unspecified atom stereocenters. The molecule has 0 N–H and O–H groups in total. The number of rotatable bonds is 7. The van der Waals surface area contributed by atoms with Crippen LogP contribution in [0.1, 0.15) is 40.3 Å². The van der Waals surface area contributed by atoms with Crippen LogP contribution < -0.4 is 4.74 Å². The molecule has 26 heavy (non-hydrogen) atoms. The lowest BCUT2D eigenvalue weighted by Gasteiger charge is -2.28. The van der Waals surface area contributed by atoms with Gasteiger partial charge in [-0.05, 0) is 24.8 Å². The van der Waals surface area contributed by atoms with Crippen LogP contribution in [0.3, 0.4) is 0 Å². The molecule has 0 bridgehead atoms. The van der Waals surface area contributed by atoms with Gasteiger partial charge in [-0.15, -0.1) is 5.10 Å². The summed E-state index contributed by atoms with van der Waals surface area (Å²) in [7, 11) is 0. The summed E-state index contributed by atoms with van der Waals surface area (Å²) >= 11 is 0. The van der Waals surface area contributed by atoms with Gasteiger partial charge in [0.05, 0.1) is 25.4 Å². The quantitative estimate of drug-likeness (QED) is 0.700. The van der Waals surface area contributed by atoms with Gasteiger partial charge in [0.25, 0.3) is 0 Å². The van der Waals surface area contributed by atoms with Crippen LogP contribution in [-0.2, 0) is 22.6 Å². The number of hydrogen-bond donors (Lipinski definition) is 0. The first kappa shape index (κ1) is 20.2. The molecular formula is C20H31N3O3. The van der Waals surface area contributed by atoms with Gasteiger partial charge in [-0.3, -0.25) is 9.48 Å². The molecule has 144 valence electrons. The average molecular weight is 361 g/mol. The Kier molecular flexibility index (Phi) is 7.03. The molecule has 0 aliphatic carbocycles. The maximum atomic E-state index is 12.4. The van der Waals surface area contributed by atoms with Crippen molar-refractivity contribution >= 4 is 5.91 Å². The van der Waals surface area contributed by atoms with Crippen LogP contribution >= 0.6 is 0 Å². The number of hydrogen-bond acceptors (Lipinski definition) is 4. The summed E-state index contributed by atoms with van der Waals surface area (Å²) < 4.78 is 13.3. The molecule has 2 rings (SSSR count). The molecular weight excluding hydrogens is 330 g/mol. The van der Waals surface area contributed by atoms with E-state index in [-0.39, 0.29) is 17.9 Å². The summed E-state index contributed by atoms with van der Waals surface area (Å²) in [6.07, 6.45) is 6.03. The van der Waals surface area contributed by atoms with Crippen molar-refractivity contribution in [3.8, 4) is 5.88 Å². The molecule has 1 aromatic heterocycles. The average Bonchev–Trinajstić information content (AvgIpc) is 2.99. The zero-order valence-corrected chi connectivity index (χ0v) is 16.6. The van der Waals surface area contributed by atoms with E-state index >= 15 is 0 Å². The van der Waals surface area contributed by atoms with Crippen molar-refractivity contribution in [1.29, 1.82) is 0 Å². The predicted octanol–water partition coefficient (Wildman–Crippen LogP) is 3.19. The van der Waals surface area contributed by atoms with Crippen LogP contribution in [-0.4, -0.2) is 47.0 Å². The van der Waals surface area contributed by atoms with Gasteiger partial charge in [-0.25, -0.2) is 0 Å². The highest BCUT2D eigenvalue weighted by atomic mass is 16.5. The van der Waals surface area contributed by atoms with E-state index in [4.69, 9.17) is 9.47 Å². The Balaban J connectivity index is 1.88. The summed E-state index contributed by atoms with van der Waals surface area (Å²) in [5, 5.41) is 4.48. The highest BCUT2D eigenvalue weighted by Crippen LogP contribution is 2.19. The lowest BCUT2D eigenvalue weighted by molar-refractivity contribution is -0.138. The van der Waals surface area contributed by atoms with Crippen molar-refractivity contribution in [3.63, 3.8) is 0 Å². The second-order valence-corrected chi connectivity index (χ2v) is 7.72.